The molecule has 6 nitrogen and oxygen atoms in total. The van der Waals surface area contributed by atoms with Crippen molar-refractivity contribution in [3.05, 3.63) is 72.9 Å². The van der Waals surface area contributed by atoms with E-state index in [4.69, 9.17) is 9.72 Å². The Labute approximate surface area is 170 Å². The molecule has 0 bridgehead atoms. The molecule has 0 atom stereocenters. The van der Waals surface area contributed by atoms with Gasteiger partial charge in [-0.3, -0.25) is 4.98 Å². The Kier molecular flexibility index (Phi) is 5.92. The van der Waals surface area contributed by atoms with Gasteiger partial charge in [-0.2, -0.15) is 4.98 Å². The lowest BCUT2D eigenvalue weighted by atomic mass is 10.1. The number of para-hydroxylation sites is 1. The molecule has 0 unspecified atom stereocenters. The first-order valence-electron chi connectivity index (χ1n) is 9.61. The van der Waals surface area contributed by atoms with Gasteiger partial charge < -0.3 is 15.4 Å². The molecule has 4 rings (SSSR count). The van der Waals surface area contributed by atoms with Gasteiger partial charge in [-0.1, -0.05) is 48.5 Å². The van der Waals surface area contributed by atoms with Crippen LogP contribution in [-0.2, 0) is 4.74 Å². The summed E-state index contributed by atoms with van der Waals surface area (Å²) in [6, 6.07) is 22.0. The monoisotopic (exact) mass is 385 g/mol. The zero-order valence-electron chi connectivity index (χ0n) is 16.3. The molecule has 6 heteroatoms. The van der Waals surface area contributed by atoms with Crippen LogP contribution in [0.5, 0.6) is 0 Å². The average molecular weight is 385 g/mol. The Morgan fingerprint density at radius 3 is 2.66 bits per heavy atom. The van der Waals surface area contributed by atoms with E-state index in [2.05, 4.69) is 20.6 Å². The minimum absolute atomic E-state index is 0.527. The fourth-order valence-corrected chi connectivity index (χ4v) is 3.11. The maximum absolute atomic E-state index is 5.12. The maximum Gasteiger partial charge on any atom is 0.229 e. The lowest BCUT2D eigenvalue weighted by molar-refractivity contribution is 0.198. The first kappa shape index (κ1) is 18.8. The molecule has 2 aromatic heterocycles. The molecule has 0 saturated heterocycles. The summed E-state index contributed by atoms with van der Waals surface area (Å²) in [5, 5.41) is 7.78. The third-order valence-corrected chi connectivity index (χ3v) is 4.51. The molecule has 146 valence electrons. The number of nitrogens with one attached hydrogen (secondary N) is 2. The largest absolute Gasteiger partial charge is 0.385 e. The second-order valence-corrected chi connectivity index (χ2v) is 6.61. The normalized spacial score (nSPS) is 10.8. The lowest BCUT2D eigenvalue weighted by Gasteiger charge is -2.12. The van der Waals surface area contributed by atoms with Crippen molar-refractivity contribution < 1.29 is 4.74 Å². The van der Waals surface area contributed by atoms with E-state index in [0.29, 0.717) is 12.6 Å². The van der Waals surface area contributed by atoms with Gasteiger partial charge >= 0.3 is 0 Å². The van der Waals surface area contributed by atoms with Gasteiger partial charge in [0.1, 0.15) is 5.82 Å². The zero-order chi connectivity index (χ0) is 19.9. The second-order valence-electron chi connectivity index (χ2n) is 6.61. The average Bonchev–Trinajstić information content (AvgIpc) is 2.77. The zero-order valence-corrected chi connectivity index (χ0v) is 16.3. The van der Waals surface area contributed by atoms with Gasteiger partial charge in [0.15, 0.2) is 0 Å². The summed E-state index contributed by atoms with van der Waals surface area (Å²) in [5.41, 5.74) is 3.65. The number of benzene rings is 2. The molecule has 0 spiro atoms. The molecular weight excluding hydrogens is 362 g/mol. The van der Waals surface area contributed by atoms with Gasteiger partial charge in [0.25, 0.3) is 0 Å². The van der Waals surface area contributed by atoms with Gasteiger partial charge in [0.2, 0.25) is 5.95 Å². The fraction of sp³-hybridized carbons (Fsp3) is 0.174. The van der Waals surface area contributed by atoms with Crippen LogP contribution in [0.4, 0.5) is 17.5 Å². The number of anilines is 3. The molecule has 2 N–H and O–H groups in total. The first-order chi connectivity index (χ1) is 14.3. The quantitative estimate of drug-likeness (QED) is 0.421. The minimum Gasteiger partial charge on any atom is -0.385 e. The van der Waals surface area contributed by atoms with Crippen LogP contribution in [0.25, 0.3) is 22.2 Å². The number of pyridine rings is 1. The van der Waals surface area contributed by atoms with E-state index in [1.54, 1.807) is 13.3 Å². The number of hydrogen-bond donors (Lipinski definition) is 2. The van der Waals surface area contributed by atoms with Crippen LogP contribution < -0.4 is 10.6 Å². The molecular formula is C23H23N5O. The van der Waals surface area contributed by atoms with Crippen LogP contribution in [0.1, 0.15) is 6.42 Å². The molecule has 0 radical (unpaired) electrons. The summed E-state index contributed by atoms with van der Waals surface area (Å²) in [6.45, 7) is 1.48. The van der Waals surface area contributed by atoms with Gasteiger partial charge in [-0.05, 0) is 18.6 Å². The van der Waals surface area contributed by atoms with Gasteiger partial charge in [-0.15, -0.1) is 0 Å². The SMILES string of the molecule is COCCCNc1cc(-c2ccccc2)nc(Nc2cccc3cccnc23)n1. The van der Waals surface area contributed by atoms with E-state index in [-0.39, 0.29) is 0 Å². The predicted molar refractivity (Wildman–Crippen MR) is 117 cm³/mol. The van der Waals surface area contributed by atoms with E-state index in [1.807, 2.05) is 66.7 Å². The number of nitrogens with zero attached hydrogens (tertiary/aromatic N) is 3. The van der Waals surface area contributed by atoms with Crippen molar-refractivity contribution in [2.75, 3.05) is 30.9 Å². The summed E-state index contributed by atoms with van der Waals surface area (Å²) in [6.07, 6.45) is 2.69. The van der Waals surface area contributed by atoms with Crippen LogP contribution in [0.15, 0.2) is 72.9 Å². The Morgan fingerprint density at radius 1 is 0.931 bits per heavy atom. The highest BCUT2D eigenvalue weighted by Crippen LogP contribution is 2.26. The van der Waals surface area contributed by atoms with Crippen molar-refractivity contribution in [1.29, 1.82) is 0 Å². The summed E-state index contributed by atoms with van der Waals surface area (Å²) in [7, 11) is 1.71. The highest BCUT2D eigenvalue weighted by Gasteiger charge is 2.09. The Hall–Kier alpha value is -3.51. The smallest absolute Gasteiger partial charge is 0.229 e. The molecule has 0 aliphatic rings. The van der Waals surface area contributed by atoms with Gasteiger partial charge in [-0.25, -0.2) is 4.98 Å². The number of methoxy groups -OCH3 is 1. The van der Waals surface area contributed by atoms with Crippen molar-refractivity contribution in [2.45, 2.75) is 6.42 Å². The van der Waals surface area contributed by atoms with Crippen molar-refractivity contribution in [1.82, 2.24) is 15.0 Å². The lowest BCUT2D eigenvalue weighted by Crippen LogP contribution is -2.08. The van der Waals surface area contributed by atoms with E-state index in [1.165, 1.54) is 0 Å². The van der Waals surface area contributed by atoms with Crippen molar-refractivity contribution in [3.8, 4) is 11.3 Å². The number of aromatic nitrogens is 3. The van der Waals surface area contributed by atoms with Crippen molar-refractivity contribution in [3.63, 3.8) is 0 Å². The van der Waals surface area contributed by atoms with Crippen LogP contribution in [-0.4, -0.2) is 35.2 Å². The summed E-state index contributed by atoms with van der Waals surface area (Å²) < 4.78 is 5.12. The number of hydrogen-bond acceptors (Lipinski definition) is 6. The van der Waals surface area contributed by atoms with E-state index >= 15 is 0 Å². The summed E-state index contributed by atoms with van der Waals surface area (Å²) in [4.78, 5) is 13.9. The highest BCUT2D eigenvalue weighted by atomic mass is 16.5. The van der Waals surface area contributed by atoms with Gasteiger partial charge in [0, 0.05) is 43.5 Å². The molecule has 0 amide bonds. The number of rotatable bonds is 8. The Bertz CT molecular complexity index is 1080. The highest BCUT2D eigenvalue weighted by molar-refractivity contribution is 5.91. The summed E-state index contributed by atoms with van der Waals surface area (Å²) >= 11 is 0. The third-order valence-electron chi connectivity index (χ3n) is 4.51. The van der Waals surface area contributed by atoms with Crippen LogP contribution in [0.2, 0.25) is 0 Å². The molecule has 4 aromatic rings. The molecule has 0 saturated carbocycles. The summed E-state index contributed by atoms with van der Waals surface area (Å²) in [5.74, 6) is 1.30. The van der Waals surface area contributed by atoms with E-state index in [9.17, 15) is 0 Å². The molecule has 0 aliphatic carbocycles. The molecule has 0 fully saturated rings. The number of ether oxygens (including phenoxy) is 1. The van der Waals surface area contributed by atoms with Crippen LogP contribution in [0, 0.1) is 0 Å². The third kappa shape index (κ3) is 4.67. The topological polar surface area (TPSA) is 72.0 Å². The first-order valence-corrected chi connectivity index (χ1v) is 9.61. The van der Waals surface area contributed by atoms with Crippen molar-refractivity contribution >= 4 is 28.4 Å². The minimum atomic E-state index is 0.527. The Morgan fingerprint density at radius 2 is 1.79 bits per heavy atom. The molecule has 0 aliphatic heterocycles. The van der Waals surface area contributed by atoms with Crippen LogP contribution >= 0.6 is 0 Å². The second kappa shape index (κ2) is 9.12. The van der Waals surface area contributed by atoms with Crippen molar-refractivity contribution in [2.24, 2.45) is 0 Å². The van der Waals surface area contributed by atoms with Crippen LogP contribution in [0.3, 0.4) is 0 Å². The van der Waals surface area contributed by atoms with E-state index in [0.717, 1.165) is 46.6 Å². The predicted octanol–water partition coefficient (Wildman–Crippen LogP) is 4.88. The Balaban J connectivity index is 1.67. The van der Waals surface area contributed by atoms with Gasteiger partial charge in [0.05, 0.1) is 16.9 Å². The molecule has 2 heterocycles. The standard InChI is InChI=1S/C23H23N5O/c1-29-15-7-14-24-21-16-20(17-8-3-2-4-9-17)27-23(28-21)26-19-12-5-10-18-11-6-13-25-22(18)19/h2-6,8-13,16H,7,14-15H2,1H3,(H2,24,26,27,28). The van der Waals surface area contributed by atoms with E-state index < -0.39 is 0 Å². The number of fused-ring (bicyclic) bond motifs is 1. The fourth-order valence-electron chi connectivity index (χ4n) is 3.11. The maximum atomic E-state index is 5.12. The molecule has 2 aromatic carbocycles. The molecule has 29 heavy (non-hydrogen) atoms.